The Bertz CT molecular complexity index is 900. The maximum atomic E-state index is 12.5. The first-order chi connectivity index (χ1) is 11.5. The van der Waals surface area contributed by atoms with Gasteiger partial charge in [-0.1, -0.05) is 42.1 Å². The lowest BCUT2D eigenvalue weighted by molar-refractivity contribution is -0.115. The number of nitrogens with one attached hydrogen (secondary N) is 1. The van der Waals surface area contributed by atoms with E-state index in [4.69, 9.17) is 0 Å². The highest BCUT2D eigenvalue weighted by Gasteiger charge is 2.18. The van der Waals surface area contributed by atoms with Crippen LogP contribution in [0.15, 0.2) is 58.0 Å². The standard InChI is InChI=1S/C18H16BrN3OS/c1-11(17(23)22-16-10-6-4-8-14(16)19)24-18-13-7-3-5-9-15(13)20-12(2)21-18/h3-11H,1-2H3,(H,22,23). The molecule has 1 atom stereocenters. The predicted octanol–water partition coefficient (Wildman–Crippen LogP) is 4.82. The lowest BCUT2D eigenvalue weighted by Gasteiger charge is -2.14. The van der Waals surface area contributed by atoms with Crippen molar-refractivity contribution >= 4 is 50.2 Å². The number of aromatic nitrogens is 2. The molecule has 1 amide bonds. The zero-order valence-electron chi connectivity index (χ0n) is 13.3. The van der Waals surface area contributed by atoms with Gasteiger partial charge in [0.15, 0.2) is 0 Å². The van der Waals surface area contributed by atoms with Crippen molar-refractivity contribution in [1.29, 1.82) is 0 Å². The third-order valence-corrected chi connectivity index (χ3v) is 5.26. The molecule has 1 heterocycles. The molecule has 6 heteroatoms. The van der Waals surface area contributed by atoms with Crippen LogP contribution in [0.2, 0.25) is 0 Å². The summed E-state index contributed by atoms with van der Waals surface area (Å²) in [6.45, 7) is 3.74. The van der Waals surface area contributed by atoms with Gasteiger partial charge in [-0.05, 0) is 48.0 Å². The lowest BCUT2D eigenvalue weighted by atomic mass is 10.2. The molecule has 4 nitrogen and oxygen atoms in total. The summed E-state index contributed by atoms with van der Waals surface area (Å²) in [6, 6.07) is 15.4. The zero-order valence-corrected chi connectivity index (χ0v) is 15.7. The minimum Gasteiger partial charge on any atom is -0.324 e. The zero-order chi connectivity index (χ0) is 17.1. The molecule has 0 spiro atoms. The molecule has 0 bridgehead atoms. The van der Waals surface area contributed by atoms with Crippen LogP contribution in [-0.4, -0.2) is 21.1 Å². The molecule has 0 radical (unpaired) electrons. The van der Waals surface area contributed by atoms with Crippen LogP contribution in [-0.2, 0) is 4.79 Å². The smallest absolute Gasteiger partial charge is 0.237 e. The van der Waals surface area contributed by atoms with Crippen molar-refractivity contribution in [2.24, 2.45) is 0 Å². The Hall–Kier alpha value is -1.92. The van der Waals surface area contributed by atoms with Crippen molar-refractivity contribution in [3.63, 3.8) is 0 Å². The van der Waals surface area contributed by atoms with Gasteiger partial charge in [0, 0.05) is 9.86 Å². The van der Waals surface area contributed by atoms with Crippen LogP contribution in [0, 0.1) is 6.92 Å². The van der Waals surface area contributed by atoms with Crippen LogP contribution in [0.4, 0.5) is 5.69 Å². The summed E-state index contributed by atoms with van der Waals surface area (Å²) in [5.74, 6) is 0.641. The maximum absolute atomic E-state index is 12.5. The molecule has 0 saturated carbocycles. The molecular weight excluding hydrogens is 386 g/mol. The van der Waals surface area contributed by atoms with Gasteiger partial charge < -0.3 is 5.32 Å². The number of para-hydroxylation sites is 2. The third-order valence-electron chi connectivity index (χ3n) is 3.47. The van der Waals surface area contributed by atoms with Gasteiger partial charge in [0.25, 0.3) is 0 Å². The van der Waals surface area contributed by atoms with E-state index in [1.807, 2.05) is 62.4 Å². The molecular formula is C18H16BrN3OS. The van der Waals surface area contributed by atoms with Gasteiger partial charge in [-0.15, -0.1) is 0 Å². The first kappa shape index (κ1) is 16.9. The Morgan fingerprint density at radius 3 is 2.62 bits per heavy atom. The Labute approximate surface area is 153 Å². The monoisotopic (exact) mass is 401 g/mol. The van der Waals surface area contributed by atoms with Crippen molar-refractivity contribution in [2.45, 2.75) is 24.1 Å². The molecule has 2 aromatic carbocycles. The number of benzene rings is 2. The molecule has 1 aromatic heterocycles. The number of amides is 1. The molecule has 3 aromatic rings. The summed E-state index contributed by atoms with van der Waals surface area (Å²) < 4.78 is 0.860. The quantitative estimate of drug-likeness (QED) is 0.502. The largest absolute Gasteiger partial charge is 0.324 e. The second-order valence-corrected chi connectivity index (χ2v) is 7.51. The first-order valence-electron chi connectivity index (χ1n) is 7.50. The number of carbonyl (C=O) groups is 1. The number of nitrogens with zero attached hydrogens (tertiary/aromatic N) is 2. The molecule has 0 aliphatic heterocycles. The molecule has 1 unspecified atom stereocenters. The van der Waals surface area contributed by atoms with Crippen molar-refractivity contribution in [1.82, 2.24) is 9.97 Å². The average Bonchev–Trinajstić information content (AvgIpc) is 2.56. The lowest BCUT2D eigenvalue weighted by Crippen LogP contribution is -2.22. The molecule has 3 rings (SSSR count). The van der Waals surface area contributed by atoms with Gasteiger partial charge in [0.2, 0.25) is 5.91 Å². The number of halogens is 1. The van der Waals surface area contributed by atoms with Crippen LogP contribution in [0.3, 0.4) is 0 Å². The van der Waals surface area contributed by atoms with E-state index in [-0.39, 0.29) is 11.2 Å². The highest BCUT2D eigenvalue weighted by molar-refractivity contribution is 9.10. The topological polar surface area (TPSA) is 54.9 Å². The van der Waals surface area contributed by atoms with Crippen molar-refractivity contribution in [3.8, 4) is 0 Å². The summed E-state index contributed by atoms with van der Waals surface area (Å²) in [5, 5.41) is 4.45. The fraction of sp³-hybridized carbons (Fsp3) is 0.167. The molecule has 122 valence electrons. The minimum absolute atomic E-state index is 0.0627. The number of rotatable bonds is 4. The van der Waals surface area contributed by atoms with Crippen LogP contribution >= 0.6 is 27.7 Å². The number of hydrogen-bond donors (Lipinski definition) is 1. The van der Waals surface area contributed by atoms with Crippen LogP contribution < -0.4 is 5.32 Å². The Kier molecular flexibility index (Phi) is 5.16. The van der Waals surface area contributed by atoms with E-state index in [0.29, 0.717) is 5.82 Å². The number of thioether (sulfide) groups is 1. The molecule has 0 aliphatic rings. The summed E-state index contributed by atoms with van der Waals surface area (Å²) in [7, 11) is 0. The molecule has 24 heavy (non-hydrogen) atoms. The summed E-state index contributed by atoms with van der Waals surface area (Å²) in [5.41, 5.74) is 1.66. The summed E-state index contributed by atoms with van der Waals surface area (Å²) >= 11 is 4.88. The van der Waals surface area contributed by atoms with Gasteiger partial charge in [0.1, 0.15) is 10.9 Å². The molecule has 0 saturated heterocycles. The number of aryl methyl sites for hydroxylation is 1. The Morgan fingerprint density at radius 2 is 1.83 bits per heavy atom. The van der Waals surface area contributed by atoms with Gasteiger partial charge >= 0.3 is 0 Å². The van der Waals surface area contributed by atoms with Gasteiger partial charge in [-0.25, -0.2) is 9.97 Å². The van der Waals surface area contributed by atoms with E-state index in [1.54, 1.807) is 0 Å². The first-order valence-corrected chi connectivity index (χ1v) is 9.17. The second kappa shape index (κ2) is 7.32. The number of fused-ring (bicyclic) bond motifs is 1. The van der Waals surface area contributed by atoms with Gasteiger partial charge in [-0.3, -0.25) is 4.79 Å². The Balaban J connectivity index is 1.81. The van der Waals surface area contributed by atoms with Crippen LogP contribution in [0.5, 0.6) is 0 Å². The Morgan fingerprint density at radius 1 is 1.12 bits per heavy atom. The number of carbonyl (C=O) groups excluding carboxylic acids is 1. The summed E-state index contributed by atoms with van der Waals surface area (Å²) in [4.78, 5) is 21.4. The molecule has 1 N–H and O–H groups in total. The minimum atomic E-state index is -0.283. The van der Waals surface area contributed by atoms with Crippen molar-refractivity contribution < 1.29 is 4.79 Å². The fourth-order valence-electron chi connectivity index (χ4n) is 2.27. The maximum Gasteiger partial charge on any atom is 0.237 e. The van der Waals surface area contributed by atoms with E-state index < -0.39 is 0 Å². The van der Waals surface area contributed by atoms with E-state index in [1.165, 1.54) is 11.8 Å². The van der Waals surface area contributed by atoms with E-state index in [2.05, 4.69) is 31.2 Å². The SMILES string of the molecule is Cc1nc(SC(C)C(=O)Nc2ccccc2Br)c2ccccc2n1. The molecule has 0 fully saturated rings. The highest BCUT2D eigenvalue weighted by atomic mass is 79.9. The normalized spacial score (nSPS) is 12.1. The van der Waals surface area contributed by atoms with E-state index in [0.717, 1.165) is 26.1 Å². The second-order valence-electron chi connectivity index (χ2n) is 5.32. The van der Waals surface area contributed by atoms with Crippen LogP contribution in [0.1, 0.15) is 12.7 Å². The van der Waals surface area contributed by atoms with Crippen LogP contribution in [0.25, 0.3) is 10.9 Å². The molecule has 0 aliphatic carbocycles. The predicted molar refractivity (Wildman–Crippen MR) is 102 cm³/mol. The average molecular weight is 402 g/mol. The fourth-order valence-corrected chi connectivity index (χ4v) is 3.64. The van der Waals surface area contributed by atoms with Gasteiger partial charge in [0.05, 0.1) is 16.5 Å². The highest BCUT2D eigenvalue weighted by Crippen LogP contribution is 2.29. The van der Waals surface area contributed by atoms with Crippen molar-refractivity contribution in [3.05, 3.63) is 58.8 Å². The van der Waals surface area contributed by atoms with Crippen molar-refractivity contribution in [2.75, 3.05) is 5.32 Å². The third kappa shape index (κ3) is 3.76. The van der Waals surface area contributed by atoms with E-state index in [9.17, 15) is 4.79 Å². The number of anilines is 1. The summed E-state index contributed by atoms with van der Waals surface area (Å²) in [6.07, 6.45) is 0. The van der Waals surface area contributed by atoms with Gasteiger partial charge in [-0.2, -0.15) is 0 Å². The van der Waals surface area contributed by atoms with E-state index >= 15 is 0 Å². The number of hydrogen-bond acceptors (Lipinski definition) is 4.